The van der Waals surface area contributed by atoms with Gasteiger partial charge in [-0.05, 0) is 0 Å². The molecule has 0 aliphatic heterocycles. The largest absolute Gasteiger partial charge is 2.00 e. The summed E-state index contributed by atoms with van der Waals surface area (Å²) in [6.07, 6.45) is 0. The van der Waals surface area contributed by atoms with Gasteiger partial charge in [-0.15, -0.1) is 23.2 Å². The third-order valence-electron chi connectivity index (χ3n) is 4.24. The Morgan fingerprint density at radius 2 is 0.697 bits per heavy atom. The van der Waals surface area contributed by atoms with Gasteiger partial charge in [0.1, 0.15) is 41.5 Å². The molecule has 0 N–H and O–H groups in total. The van der Waals surface area contributed by atoms with Crippen molar-refractivity contribution in [3.8, 4) is 0 Å². The van der Waals surface area contributed by atoms with Gasteiger partial charge in [-0.3, -0.25) is 0 Å². The molecule has 0 saturated heterocycles. The third-order valence-corrected chi connectivity index (χ3v) is 7.97. The molecule has 2 rings (SSSR count). The molecule has 192 valence electrons. The molecular formula is C10H4BaCl2F12O6S2. The molecule has 0 aromatic rings. The summed E-state index contributed by atoms with van der Waals surface area (Å²) in [6, 6.07) is 0. The Labute approximate surface area is 225 Å². The van der Waals surface area contributed by atoms with E-state index in [1.165, 1.54) is 0 Å². The summed E-state index contributed by atoms with van der Waals surface area (Å²) >= 11 is 9.07. The molecule has 0 aromatic carbocycles. The second-order valence-corrected chi connectivity index (χ2v) is 10.2. The Morgan fingerprint density at radius 1 is 0.515 bits per heavy atom. The van der Waals surface area contributed by atoms with E-state index in [1.807, 2.05) is 0 Å². The van der Waals surface area contributed by atoms with Crippen LogP contribution in [0.2, 0.25) is 0 Å². The minimum absolute atomic E-state index is 0. The summed E-state index contributed by atoms with van der Waals surface area (Å²) in [4.78, 5) is 0. The number of rotatable bonds is 2. The first-order valence-corrected chi connectivity index (χ1v) is 10.8. The van der Waals surface area contributed by atoms with E-state index in [0.717, 1.165) is 0 Å². The van der Waals surface area contributed by atoms with Gasteiger partial charge in [0.2, 0.25) is 0 Å². The van der Waals surface area contributed by atoms with Crippen molar-refractivity contribution in [2.45, 2.75) is 56.8 Å². The van der Waals surface area contributed by atoms with Crippen LogP contribution in [0.4, 0.5) is 52.7 Å². The van der Waals surface area contributed by atoms with Crippen molar-refractivity contribution in [1.29, 1.82) is 0 Å². The fraction of sp³-hybridized carbons (Fsp3) is 1.00. The van der Waals surface area contributed by atoms with Crippen LogP contribution in [-0.4, -0.2) is 132 Å². The summed E-state index contributed by atoms with van der Waals surface area (Å²) in [5.74, 6) is -34.4. The zero-order chi connectivity index (χ0) is 26.3. The van der Waals surface area contributed by atoms with E-state index in [2.05, 4.69) is 23.2 Å². The maximum atomic E-state index is 12.7. The minimum atomic E-state index is -6.09. The van der Waals surface area contributed by atoms with Gasteiger partial charge in [0.25, 0.3) is 0 Å². The molecular weight excluding hydrogens is 716 g/mol. The standard InChI is InChI=1S/2C5H3ClF6O3S.Ba/c2*6-1-2(16(13,14)15)4(9,10)5(11,12)3(1,7)8;/h2*1-2H,(H,13,14,15);/q;;+2/p-2. The molecule has 0 bridgehead atoms. The van der Waals surface area contributed by atoms with Gasteiger partial charge in [0, 0.05) is 0 Å². The van der Waals surface area contributed by atoms with Gasteiger partial charge >= 0.3 is 84.4 Å². The van der Waals surface area contributed by atoms with Crippen molar-refractivity contribution in [2.75, 3.05) is 0 Å². The Morgan fingerprint density at radius 3 is 0.758 bits per heavy atom. The van der Waals surface area contributed by atoms with Crippen molar-refractivity contribution in [3.05, 3.63) is 0 Å². The summed E-state index contributed by atoms with van der Waals surface area (Å²) in [7, 11) is -12.2. The molecule has 4 atom stereocenters. The smallest absolute Gasteiger partial charge is 0.748 e. The van der Waals surface area contributed by atoms with Gasteiger partial charge in [0.05, 0.1) is 0 Å². The van der Waals surface area contributed by atoms with E-state index >= 15 is 0 Å². The van der Waals surface area contributed by atoms with Crippen LogP contribution in [0.15, 0.2) is 0 Å². The van der Waals surface area contributed by atoms with Crippen LogP contribution in [0, 0.1) is 0 Å². The molecule has 0 radical (unpaired) electrons. The number of alkyl halides is 14. The molecule has 2 fully saturated rings. The zero-order valence-electron chi connectivity index (χ0n) is 14.6. The third kappa shape index (κ3) is 4.88. The van der Waals surface area contributed by atoms with Gasteiger partial charge in [-0.1, -0.05) is 0 Å². The van der Waals surface area contributed by atoms with Crippen molar-refractivity contribution in [3.63, 3.8) is 0 Å². The van der Waals surface area contributed by atoms with Crippen LogP contribution in [-0.2, 0) is 20.2 Å². The van der Waals surface area contributed by atoms with E-state index in [9.17, 15) is 78.6 Å². The van der Waals surface area contributed by atoms with Crippen LogP contribution < -0.4 is 0 Å². The average molecular weight is 720 g/mol. The normalized spacial score (nSPS) is 35.2. The van der Waals surface area contributed by atoms with Crippen LogP contribution in [0.25, 0.3) is 0 Å². The summed E-state index contributed by atoms with van der Waals surface area (Å²) < 4.78 is 213. The molecule has 2 aliphatic rings. The second-order valence-electron chi connectivity index (χ2n) is 6.27. The first-order chi connectivity index (χ1) is 13.6. The molecule has 0 amide bonds. The molecule has 23 heteroatoms. The zero-order valence-corrected chi connectivity index (χ0v) is 22.2. The predicted molar refractivity (Wildman–Crippen MR) is 81.7 cm³/mol. The van der Waals surface area contributed by atoms with E-state index in [0.29, 0.717) is 0 Å². The van der Waals surface area contributed by atoms with Gasteiger partial charge in [0.15, 0.2) is 0 Å². The molecule has 0 spiro atoms. The van der Waals surface area contributed by atoms with Crippen LogP contribution in [0.5, 0.6) is 0 Å². The van der Waals surface area contributed by atoms with E-state index in [1.54, 1.807) is 0 Å². The van der Waals surface area contributed by atoms with E-state index < -0.39 is 77.0 Å². The molecule has 0 aromatic heterocycles. The quantitative estimate of drug-likeness (QED) is 0.188. The van der Waals surface area contributed by atoms with Crippen LogP contribution in [0.3, 0.4) is 0 Å². The van der Waals surface area contributed by atoms with Crippen molar-refractivity contribution >= 4 is 92.3 Å². The second kappa shape index (κ2) is 9.15. The SMILES string of the molecule is O=S(=O)([O-])C1C(Cl)C(F)(F)C(F)(F)C1(F)F.O=S(=O)([O-])C1C(Cl)C(F)(F)C(F)(F)C1(F)F.[Ba+2]. The minimum Gasteiger partial charge on any atom is -0.748 e. The van der Waals surface area contributed by atoms with E-state index in [4.69, 9.17) is 0 Å². The van der Waals surface area contributed by atoms with Crippen LogP contribution in [0.1, 0.15) is 0 Å². The average Bonchev–Trinajstić information content (AvgIpc) is 2.66. The predicted octanol–water partition coefficient (Wildman–Crippen LogP) is 2.47. The molecule has 33 heavy (non-hydrogen) atoms. The molecule has 2 aliphatic carbocycles. The van der Waals surface area contributed by atoms with Crippen molar-refractivity contribution in [2.24, 2.45) is 0 Å². The maximum absolute atomic E-state index is 12.7. The number of hydrogen-bond donors (Lipinski definition) is 0. The Hall–Kier alpha value is 1.13. The van der Waals surface area contributed by atoms with E-state index in [-0.39, 0.29) is 48.9 Å². The maximum Gasteiger partial charge on any atom is 2.00 e. The van der Waals surface area contributed by atoms with Crippen molar-refractivity contribution in [1.82, 2.24) is 0 Å². The molecule has 6 nitrogen and oxygen atoms in total. The Kier molecular flexibility index (Phi) is 9.47. The Bertz CT molecular complexity index is 897. The Balaban J connectivity index is 0.000000602. The van der Waals surface area contributed by atoms with Crippen molar-refractivity contribution < 1.29 is 78.6 Å². The molecule has 0 heterocycles. The number of halogens is 14. The monoisotopic (exact) mass is 720 g/mol. The fourth-order valence-corrected chi connectivity index (χ4v) is 5.85. The van der Waals surface area contributed by atoms with Gasteiger partial charge in [-0.2, -0.15) is 52.7 Å². The summed E-state index contributed by atoms with van der Waals surface area (Å²) in [5, 5.41) is -14.7. The van der Waals surface area contributed by atoms with Gasteiger partial charge < -0.3 is 9.11 Å². The summed E-state index contributed by atoms with van der Waals surface area (Å²) in [5.41, 5.74) is 0. The number of hydrogen-bond acceptors (Lipinski definition) is 6. The summed E-state index contributed by atoms with van der Waals surface area (Å²) in [6.45, 7) is 0. The molecule has 4 unspecified atom stereocenters. The van der Waals surface area contributed by atoms with Gasteiger partial charge in [-0.25, -0.2) is 16.8 Å². The van der Waals surface area contributed by atoms with Crippen LogP contribution >= 0.6 is 23.2 Å². The molecule has 2 saturated carbocycles. The topological polar surface area (TPSA) is 114 Å². The first-order valence-electron chi connectivity index (χ1n) is 7.00. The fourth-order valence-electron chi connectivity index (χ4n) is 2.55. The first kappa shape index (κ1) is 34.1.